The Morgan fingerprint density at radius 3 is 2.70 bits per heavy atom. The summed E-state index contributed by atoms with van der Waals surface area (Å²) >= 11 is 1.69. The van der Waals surface area contributed by atoms with Crippen molar-refractivity contribution in [2.75, 3.05) is 5.32 Å². The summed E-state index contributed by atoms with van der Waals surface area (Å²) in [4.78, 5) is 4.40. The van der Waals surface area contributed by atoms with Crippen LogP contribution in [0.1, 0.15) is 33.1 Å². The van der Waals surface area contributed by atoms with Crippen molar-refractivity contribution in [2.45, 2.75) is 39.2 Å². The summed E-state index contributed by atoms with van der Waals surface area (Å²) in [6.07, 6.45) is 5.92. The van der Waals surface area contributed by atoms with Gasteiger partial charge in [0, 0.05) is 28.9 Å². The molecule has 0 bridgehead atoms. The molecule has 3 heteroatoms. The Morgan fingerprint density at radius 2 is 2.00 bits per heavy atom. The molecule has 2 aromatic rings. The first kappa shape index (κ1) is 13.6. The number of nitrogens with one attached hydrogen (secondary N) is 1. The van der Waals surface area contributed by atoms with Gasteiger partial charge in [-0.25, -0.2) is 4.98 Å². The fourth-order valence-electron chi connectivity index (χ4n) is 3.27. The zero-order valence-electron chi connectivity index (χ0n) is 12.2. The molecule has 0 radical (unpaired) electrons. The molecule has 1 aromatic carbocycles. The van der Waals surface area contributed by atoms with Crippen molar-refractivity contribution in [3.8, 4) is 10.6 Å². The summed E-state index contributed by atoms with van der Waals surface area (Å²) < 4.78 is 0. The molecule has 106 valence electrons. The van der Waals surface area contributed by atoms with E-state index in [4.69, 9.17) is 0 Å². The Labute approximate surface area is 125 Å². The number of rotatable bonds is 3. The number of thiazole rings is 1. The van der Waals surface area contributed by atoms with Crippen molar-refractivity contribution < 1.29 is 0 Å². The Hall–Kier alpha value is -1.35. The highest BCUT2D eigenvalue weighted by Crippen LogP contribution is 2.32. The molecule has 1 aliphatic carbocycles. The lowest BCUT2D eigenvalue weighted by Gasteiger charge is -2.36. The van der Waals surface area contributed by atoms with E-state index in [1.54, 1.807) is 11.3 Å². The van der Waals surface area contributed by atoms with E-state index in [-0.39, 0.29) is 0 Å². The van der Waals surface area contributed by atoms with Gasteiger partial charge in [0.2, 0.25) is 0 Å². The molecular weight excluding hydrogens is 264 g/mol. The second kappa shape index (κ2) is 5.96. The first-order valence-electron chi connectivity index (χ1n) is 7.50. The van der Waals surface area contributed by atoms with Crippen LogP contribution in [-0.2, 0) is 0 Å². The summed E-state index contributed by atoms with van der Waals surface area (Å²) in [6.45, 7) is 4.75. The maximum absolute atomic E-state index is 4.40. The van der Waals surface area contributed by atoms with E-state index in [2.05, 4.69) is 48.4 Å². The molecule has 0 amide bonds. The van der Waals surface area contributed by atoms with Crippen LogP contribution in [0.15, 0.2) is 35.8 Å². The van der Waals surface area contributed by atoms with Crippen molar-refractivity contribution in [3.63, 3.8) is 0 Å². The van der Waals surface area contributed by atoms with Crippen molar-refractivity contribution in [3.05, 3.63) is 35.8 Å². The highest BCUT2D eigenvalue weighted by molar-refractivity contribution is 7.13. The van der Waals surface area contributed by atoms with Gasteiger partial charge in [0.15, 0.2) is 0 Å². The van der Waals surface area contributed by atoms with E-state index < -0.39 is 0 Å². The summed E-state index contributed by atoms with van der Waals surface area (Å²) in [5.41, 5.74) is 2.43. The van der Waals surface area contributed by atoms with Crippen LogP contribution in [0.2, 0.25) is 0 Å². The monoisotopic (exact) mass is 286 g/mol. The van der Waals surface area contributed by atoms with E-state index in [0.29, 0.717) is 6.04 Å². The zero-order chi connectivity index (χ0) is 13.9. The number of aromatic nitrogens is 1. The lowest BCUT2D eigenvalue weighted by Crippen LogP contribution is -2.37. The number of hydrogen-bond acceptors (Lipinski definition) is 3. The smallest absolute Gasteiger partial charge is 0.123 e. The third kappa shape index (κ3) is 2.88. The van der Waals surface area contributed by atoms with Crippen LogP contribution in [0, 0.1) is 11.8 Å². The Balaban J connectivity index is 1.79. The molecule has 1 fully saturated rings. The summed E-state index contributed by atoms with van der Waals surface area (Å²) in [6, 6.07) is 9.25. The molecule has 1 aliphatic rings. The normalized spacial score (nSPS) is 26.4. The molecule has 3 rings (SSSR count). The lowest BCUT2D eigenvalue weighted by molar-refractivity contribution is 0.268. The largest absolute Gasteiger partial charge is 0.382 e. The minimum absolute atomic E-state index is 0.593. The van der Waals surface area contributed by atoms with E-state index in [1.165, 1.54) is 30.5 Å². The summed E-state index contributed by atoms with van der Waals surface area (Å²) in [5.74, 6) is 1.50. The summed E-state index contributed by atoms with van der Waals surface area (Å²) in [5, 5.41) is 6.88. The maximum Gasteiger partial charge on any atom is 0.123 e. The topological polar surface area (TPSA) is 24.9 Å². The number of hydrogen-bond donors (Lipinski definition) is 1. The van der Waals surface area contributed by atoms with Gasteiger partial charge >= 0.3 is 0 Å². The van der Waals surface area contributed by atoms with Crippen LogP contribution in [-0.4, -0.2) is 11.0 Å². The van der Waals surface area contributed by atoms with Crippen molar-refractivity contribution in [2.24, 2.45) is 11.8 Å². The van der Waals surface area contributed by atoms with Crippen LogP contribution in [0.5, 0.6) is 0 Å². The molecule has 1 N–H and O–H groups in total. The van der Waals surface area contributed by atoms with Crippen LogP contribution >= 0.6 is 11.3 Å². The van der Waals surface area contributed by atoms with Crippen LogP contribution < -0.4 is 5.32 Å². The van der Waals surface area contributed by atoms with E-state index in [1.807, 2.05) is 11.6 Å². The van der Waals surface area contributed by atoms with Gasteiger partial charge in [-0.1, -0.05) is 32.4 Å². The first-order chi connectivity index (χ1) is 9.74. The lowest BCUT2D eigenvalue weighted by atomic mass is 9.78. The third-order valence-electron chi connectivity index (χ3n) is 4.42. The van der Waals surface area contributed by atoms with Gasteiger partial charge in [0.25, 0.3) is 0 Å². The van der Waals surface area contributed by atoms with Crippen molar-refractivity contribution in [1.29, 1.82) is 0 Å². The van der Waals surface area contributed by atoms with Gasteiger partial charge < -0.3 is 5.32 Å². The molecule has 2 atom stereocenters. The Bertz CT molecular complexity index is 540. The minimum Gasteiger partial charge on any atom is -0.382 e. The fraction of sp³-hybridized carbons (Fsp3) is 0.471. The number of benzene rings is 1. The molecular formula is C17H22N2S. The van der Waals surface area contributed by atoms with Crippen LogP contribution in [0.3, 0.4) is 0 Å². The molecule has 20 heavy (non-hydrogen) atoms. The second-order valence-corrected chi connectivity index (χ2v) is 6.87. The van der Waals surface area contributed by atoms with Gasteiger partial charge in [0.1, 0.15) is 5.01 Å². The zero-order valence-corrected chi connectivity index (χ0v) is 13.0. The fourth-order valence-corrected chi connectivity index (χ4v) is 3.90. The quantitative estimate of drug-likeness (QED) is 0.854. The third-order valence-corrected chi connectivity index (χ3v) is 5.24. The second-order valence-electron chi connectivity index (χ2n) is 5.97. The van der Waals surface area contributed by atoms with Crippen molar-refractivity contribution in [1.82, 2.24) is 4.98 Å². The van der Waals surface area contributed by atoms with Crippen molar-refractivity contribution >= 4 is 17.0 Å². The van der Waals surface area contributed by atoms with E-state index in [0.717, 1.165) is 16.8 Å². The van der Waals surface area contributed by atoms with Gasteiger partial charge in [0.05, 0.1) is 0 Å². The molecule has 0 aliphatic heterocycles. The first-order valence-corrected chi connectivity index (χ1v) is 8.38. The van der Waals surface area contributed by atoms with Gasteiger partial charge in [-0.05, 0) is 36.8 Å². The predicted molar refractivity (Wildman–Crippen MR) is 87.1 cm³/mol. The Kier molecular flexibility index (Phi) is 4.06. The molecule has 0 spiro atoms. The number of nitrogens with zero attached hydrogens (tertiary/aromatic N) is 1. The number of anilines is 1. The highest BCUT2D eigenvalue weighted by Gasteiger charge is 2.27. The Morgan fingerprint density at radius 1 is 1.20 bits per heavy atom. The van der Waals surface area contributed by atoms with E-state index in [9.17, 15) is 0 Å². The van der Waals surface area contributed by atoms with Gasteiger partial charge in [-0.2, -0.15) is 0 Å². The molecule has 1 saturated carbocycles. The summed E-state index contributed by atoms with van der Waals surface area (Å²) in [7, 11) is 0. The predicted octanol–water partition coefficient (Wildman–Crippen LogP) is 5.05. The maximum atomic E-state index is 4.40. The van der Waals surface area contributed by atoms with Gasteiger partial charge in [-0.3, -0.25) is 0 Å². The molecule has 2 nitrogen and oxygen atoms in total. The van der Waals surface area contributed by atoms with Gasteiger partial charge in [-0.15, -0.1) is 11.3 Å². The average Bonchev–Trinajstić information content (AvgIpc) is 2.98. The standard InChI is InChI=1S/C17H22N2S/c1-12-5-3-6-13(2)16(12)19-15-8-4-7-14(11-15)17-18-9-10-20-17/h4,7-13,16,19H,3,5-6H2,1-2H3. The minimum atomic E-state index is 0.593. The SMILES string of the molecule is CC1CCCC(C)C1Nc1cccc(-c2nccs2)c1. The molecule has 1 aromatic heterocycles. The van der Waals surface area contributed by atoms with Crippen LogP contribution in [0.25, 0.3) is 10.6 Å². The van der Waals surface area contributed by atoms with E-state index >= 15 is 0 Å². The molecule has 1 heterocycles. The average molecular weight is 286 g/mol. The molecule has 0 saturated heterocycles. The molecule has 2 unspecified atom stereocenters. The highest BCUT2D eigenvalue weighted by atomic mass is 32.1. The van der Waals surface area contributed by atoms with Crippen LogP contribution in [0.4, 0.5) is 5.69 Å².